The largest absolute Gasteiger partial charge is 0.435 e. The zero-order chi connectivity index (χ0) is 17.3. The molecular weight excluding hydrogens is 385 g/mol. The van der Waals surface area contributed by atoms with Gasteiger partial charge in [0.1, 0.15) is 0 Å². The van der Waals surface area contributed by atoms with E-state index in [-0.39, 0.29) is 26.1 Å². The maximum absolute atomic E-state index is 13.9. The van der Waals surface area contributed by atoms with Crippen molar-refractivity contribution in [2.75, 3.05) is 0 Å². The second-order valence-electron chi connectivity index (χ2n) is 3.87. The normalized spacial score (nSPS) is 13.9. The van der Waals surface area contributed by atoms with E-state index in [1.54, 1.807) is 5.25 Å². The van der Waals surface area contributed by atoms with E-state index in [2.05, 4.69) is 0 Å². The Morgan fingerprint density at radius 2 is 1.36 bits per heavy atom. The van der Waals surface area contributed by atoms with Crippen molar-refractivity contribution >= 4 is 37.4 Å². The number of alkyl halides is 7. The van der Waals surface area contributed by atoms with Gasteiger partial charge < -0.3 is 5.21 Å². The van der Waals surface area contributed by atoms with Crippen LogP contribution in [-0.2, 0) is 5.67 Å². The molecule has 1 aromatic rings. The third-order valence-electron chi connectivity index (χ3n) is 2.51. The van der Waals surface area contributed by atoms with Gasteiger partial charge in [0.15, 0.2) is 0 Å². The average molecular weight is 390 g/mol. The van der Waals surface area contributed by atoms with Crippen LogP contribution < -0.4 is 5.25 Å². The van der Waals surface area contributed by atoms with Crippen molar-refractivity contribution in [1.82, 2.24) is 5.25 Å². The van der Waals surface area contributed by atoms with Crippen LogP contribution in [-0.4, -0.2) is 23.4 Å². The van der Waals surface area contributed by atoms with Crippen LogP contribution in [0.2, 0.25) is 10.0 Å². The highest BCUT2D eigenvalue weighted by molar-refractivity contribution is 7.36. The van der Waals surface area contributed by atoms with Crippen LogP contribution in [0.3, 0.4) is 0 Å². The van der Waals surface area contributed by atoms with Gasteiger partial charge in [-0.25, -0.2) is 4.39 Å². The summed E-state index contributed by atoms with van der Waals surface area (Å²) in [5.74, 6) is 1.07. The predicted molar refractivity (Wildman–Crippen MR) is 68.4 cm³/mol. The van der Waals surface area contributed by atoms with Gasteiger partial charge in [-0.05, 0) is 17.9 Å². The molecule has 0 radical (unpaired) electrons. The molecule has 0 unspecified atom stereocenters. The lowest BCUT2D eigenvalue weighted by Crippen LogP contribution is -2.50. The van der Waals surface area contributed by atoms with Gasteiger partial charge in [-0.3, -0.25) is 0 Å². The van der Waals surface area contributed by atoms with Crippen LogP contribution in [0.25, 0.3) is 0 Å². The SMILES string of the molecule is ONP=Cc1c(Cl)cc(C(F)(C(F)(F)F)C(F)(F)F)cc1Cl. The first-order valence-corrected chi connectivity index (χ1v) is 6.82. The fraction of sp³-hybridized carbons (Fsp3) is 0.300. The van der Waals surface area contributed by atoms with Crippen molar-refractivity contribution in [2.24, 2.45) is 0 Å². The molecule has 2 nitrogen and oxygen atoms in total. The van der Waals surface area contributed by atoms with Crippen LogP contribution in [0.5, 0.6) is 0 Å². The fourth-order valence-corrected chi connectivity index (χ4v) is 2.70. The van der Waals surface area contributed by atoms with Crippen LogP contribution in [0.4, 0.5) is 30.7 Å². The zero-order valence-corrected chi connectivity index (χ0v) is 12.4. The summed E-state index contributed by atoms with van der Waals surface area (Å²) in [5.41, 5.74) is -7.56. The Morgan fingerprint density at radius 1 is 0.955 bits per heavy atom. The third-order valence-corrected chi connectivity index (χ3v) is 3.64. The second-order valence-corrected chi connectivity index (χ2v) is 5.40. The molecule has 0 saturated heterocycles. The molecular formula is C10H5Cl2F7NOP. The van der Waals surface area contributed by atoms with Crippen LogP contribution in [0, 0.1) is 0 Å². The smallest absolute Gasteiger partial charge is 0.308 e. The van der Waals surface area contributed by atoms with Gasteiger partial charge in [-0.1, -0.05) is 23.2 Å². The molecule has 12 heteroatoms. The minimum Gasteiger partial charge on any atom is -0.308 e. The monoisotopic (exact) mass is 389 g/mol. The van der Waals surface area contributed by atoms with E-state index in [0.717, 1.165) is 5.80 Å². The number of rotatable bonds is 3. The second kappa shape index (κ2) is 6.49. The van der Waals surface area contributed by atoms with Crippen molar-refractivity contribution in [3.8, 4) is 0 Å². The van der Waals surface area contributed by atoms with Crippen molar-refractivity contribution in [1.29, 1.82) is 0 Å². The summed E-state index contributed by atoms with van der Waals surface area (Å²) in [4.78, 5) is 0. The summed E-state index contributed by atoms with van der Waals surface area (Å²) in [7, 11) is 0.00382. The van der Waals surface area contributed by atoms with Crippen molar-refractivity contribution < 1.29 is 35.9 Å². The maximum Gasteiger partial charge on any atom is 0.435 e. The molecule has 0 fully saturated rings. The van der Waals surface area contributed by atoms with E-state index in [1.165, 1.54) is 0 Å². The molecule has 22 heavy (non-hydrogen) atoms. The molecule has 0 aromatic heterocycles. The third kappa shape index (κ3) is 3.49. The van der Waals surface area contributed by atoms with Gasteiger partial charge in [0.25, 0.3) is 0 Å². The van der Waals surface area contributed by atoms with Gasteiger partial charge in [0.05, 0.1) is 10.0 Å². The molecule has 2 N–H and O–H groups in total. The lowest BCUT2D eigenvalue weighted by molar-refractivity contribution is -0.348. The van der Waals surface area contributed by atoms with Crippen molar-refractivity contribution in [2.45, 2.75) is 18.0 Å². The lowest BCUT2D eigenvalue weighted by atomic mass is 9.93. The average Bonchev–Trinajstić information content (AvgIpc) is 2.33. The number of hydrogen-bond donors (Lipinski definition) is 2. The molecule has 0 aliphatic rings. The lowest BCUT2D eigenvalue weighted by Gasteiger charge is -2.30. The summed E-state index contributed by atoms with van der Waals surface area (Å²) in [5, 5.41) is 8.72. The quantitative estimate of drug-likeness (QED) is 0.419. The Bertz CT molecular complexity index is 551. The summed E-state index contributed by atoms with van der Waals surface area (Å²) >= 11 is 11.1. The Hall–Kier alpha value is -0.600. The highest BCUT2D eigenvalue weighted by atomic mass is 35.5. The highest BCUT2D eigenvalue weighted by Gasteiger charge is 2.73. The van der Waals surface area contributed by atoms with Gasteiger partial charge >= 0.3 is 18.0 Å². The topological polar surface area (TPSA) is 32.3 Å². The Balaban J connectivity index is 3.58. The van der Waals surface area contributed by atoms with Gasteiger partial charge in [0, 0.05) is 19.5 Å². The Labute approximate surface area is 130 Å². The van der Waals surface area contributed by atoms with Crippen molar-refractivity contribution in [3.05, 3.63) is 33.3 Å². The molecule has 0 aliphatic heterocycles. The molecule has 0 atom stereocenters. The first kappa shape index (κ1) is 19.4. The number of nitrogens with one attached hydrogen (secondary N) is 1. The van der Waals surface area contributed by atoms with E-state index >= 15 is 0 Å². The van der Waals surface area contributed by atoms with Crippen molar-refractivity contribution in [3.63, 3.8) is 0 Å². The van der Waals surface area contributed by atoms with E-state index in [9.17, 15) is 30.7 Å². The zero-order valence-electron chi connectivity index (χ0n) is 10.0. The Kier molecular flexibility index (Phi) is 5.74. The molecule has 0 heterocycles. The molecule has 1 aromatic carbocycles. The number of hydrogen-bond acceptors (Lipinski definition) is 2. The molecule has 0 aliphatic carbocycles. The highest BCUT2D eigenvalue weighted by Crippen LogP contribution is 2.54. The maximum atomic E-state index is 13.9. The van der Waals surface area contributed by atoms with E-state index in [1.807, 2.05) is 0 Å². The van der Waals surface area contributed by atoms with Crippen LogP contribution in [0.15, 0.2) is 12.1 Å². The molecule has 0 spiro atoms. The molecule has 0 bridgehead atoms. The molecule has 0 amide bonds. The van der Waals surface area contributed by atoms with E-state index < -0.39 is 33.6 Å². The van der Waals surface area contributed by atoms with Crippen LogP contribution >= 0.6 is 31.6 Å². The van der Waals surface area contributed by atoms with Gasteiger partial charge in [-0.15, -0.1) is 0 Å². The van der Waals surface area contributed by atoms with Gasteiger partial charge in [-0.2, -0.15) is 31.6 Å². The Morgan fingerprint density at radius 3 is 1.68 bits per heavy atom. The summed E-state index contributed by atoms with van der Waals surface area (Å²) < 4.78 is 89.6. The number of halogens is 9. The van der Waals surface area contributed by atoms with E-state index in [0.29, 0.717) is 0 Å². The summed E-state index contributed by atoms with van der Waals surface area (Å²) in [6.07, 6.45) is -12.5. The summed E-state index contributed by atoms with van der Waals surface area (Å²) in [6.45, 7) is 0. The molecule has 1 rings (SSSR count). The van der Waals surface area contributed by atoms with Crippen LogP contribution in [0.1, 0.15) is 11.1 Å². The summed E-state index contributed by atoms with van der Waals surface area (Å²) in [6, 6.07) is 0.375. The minimum atomic E-state index is -6.26. The number of benzene rings is 1. The molecule has 0 saturated carbocycles. The first-order valence-electron chi connectivity index (χ1n) is 5.10. The predicted octanol–water partition coefficient (Wildman–Crippen LogP) is 5.27. The fourth-order valence-electron chi connectivity index (χ4n) is 1.49. The first-order chi connectivity index (χ1) is 9.86. The van der Waals surface area contributed by atoms with E-state index in [4.69, 9.17) is 28.4 Å². The minimum absolute atomic E-state index is 0.00382. The van der Waals surface area contributed by atoms with Gasteiger partial charge in [0.2, 0.25) is 0 Å². The molecule has 124 valence electrons. The standard InChI is InChI=1S/C10H5Cl2F7NOP/c11-6-1-4(2-7(12)5(6)3-22-20-21)8(13,9(14,15)16)10(17,18)19/h1-3,20-21H.